The van der Waals surface area contributed by atoms with Crippen LogP contribution in [0.1, 0.15) is 6.92 Å². The molecule has 1 N–H and O–H groups in total. The molecule has 10 heteroatoms. The number of nitrogens with one attached hydrogen (secondary N) is 1. The smallest absolute Gasteiger partial charge is 0.243 e. The maximum absolute atomic E-state index is 13.5. The van der Waals surface area contributed by atoms with Crippen LogP contribution in [-0.4, -0.2) is 39.8 Å². The highest BCUT2D eigenvalue weighted by Gasteiger charge is 2.29. The van der Waals surface area contributed by atoms with E-state index >= 15 is 0 Å². The quantitative estimate of drug-likeness (QED) is 0.651. The number of sulfonamides is 1. The van der Waals surface area contributed by atoms with E-state index in [1.807, 2.05) is 0 Å². The third-order valence-corrected chi connectivity index (χ3v) is 5.30. The minimum absolute atomic E-state index is 0.0871. The molecule has 0 radical (unpaired) electrons. The van der Waals surface area contributed by atoms with Crippen molar-refractivity contribution in [2.45, 2.75) is 13.0 Å². The lowest BCUT2D eigenvalue weighted by atomic mass is 10.2. The van der Waals surface area contributed by atoms with Crippen LogP contribution in [0.4, 0.5) is 14.5 Å². The number of carbonyl (C=O) groups excluding carboxylic acids is 1. The highest BCUT2D eigenvalue weighted by atomic mass is 35.5. The number of carbonyl (C=O) groups is 1. The van der Waals surface area contributed by atoms with Crippen LogP contribution in [0.15, 0.2) is 42.5 Å². The first kappa shape index (κ1) is 21.9. The van der Waals surface area contributed by atoms with Crippen LogP contribution in [0, 0.1) is 11.6 Å². The third-order valence-electron chi connectivity index (χ3n) is 3.74. The fraction of sp³-hybridized carbons (Fsp3) is 0.278. The number of hydrogen-bond acceptors (Lipinski definition) is 4. The van der Waals surface area contributed by atoms with Gasteiger partial charge in [0.15, 0.2) is 11.6 Å². The zero-order valence-electron chi connectivity index (χ0n) is 15.2. The second-order valence-electron chi connectivity index (χ2n) is 5.90. The van der Waals surface area contributed by atoms with Gasteiger partial charge in [-0.25, -0.2) is 17.2 Å². The van der Waals surface area contributed by atoms with Crippen LogP contribution >= 0.6 is 11.6 Å². The Morgan fingerprint density at radius 1 is 1.21 bits per heavy atom. The van der Waals surface area contributed by atoms with Crippen LogP contribution in [0.2, 0.25) is 5.02 Å². The monoisotopic (exact) mass is 432 g/mol. The number of nitrogens with zero attached hydrogens (tertiary/aromatic N) is 1. The van der Waals surface area contributed by atoms with Crippen molar-refractivity contribution >= 4 is 33.2 Å². The highest BCUT2D eigenvalue weighted by molar-refractivity contribution is 7.92. The summed E-state index contributed by atoms with van der Waals surface area (Å²) in [6.45, 7) is 1.53. The normalized spacial score (nSPS) is 12.3. The summed E-state index contributed by atoms with van der Waals surface area (Å²) in [6.07, 6.45) is 0.874. The summed E-state index contributed by atoms with van der Waals surface area (Å²) < 4.78 is 57.1. The predicted molar refractivity (Wildman–Crippen MR) is 103 cm³/mol. The van der Waals surface area contributed by atoms with Gasteiger partial charge in [-0.1, -0.05) is 23.7 Å². The lowest BCUT2D eigenvalue weighted by molar-refractivity contribution is -0.121. The first-order chi connectivity index (χ1) is 13.1. The molecule has 6 nitrogen and oxygen atoms in total. The van der Waals surface area contributed by atoms with Crippen LogP contribution in [0.5, 0.6) is 5.75 Å². The number of para-hydroxylation sites is 1. The lowest BCUT2D eigenvalue weighted by Crippen LogP contribution is -2.48. The first-order valence-corrected chi connectivity index (χ1v) is 10.4. The second-order valence-corrected chi connectivity index (χ2v) is 8.17. The van der Waals surface area contributed by atoms with E-state index in [2.05, 4.69) is 5.32 Å². The number of rotatable bonds is 8. The van der Waals surface area contributed by atoms with E-state index in [0.29, 0.717) is 10.8 Å². The molecule has 0 aliphatic heterocycles. The summed E-state index contributed by atoms with van der Waals surface area (Å²) in [4.78, 5) is 12.4. The average molecular weight is 433 g/mol. The predicted octanol–water partition coefficient (Wildman–Crippen LogP) is 2.97. The van der Waals surface area contributed by atoms with Gasteiger partial charge >= 0.3 is 0 Å². The molecule has 2 aromatic carbocycles. The average Bonchev–Trinajstić information content (AvgIpc) is 2.62. The summed E-state index contributed by atoms with van der Waals surface area (Å²) in [5.74, 6) is -2.51. The molecular formula is C18H19ClF2N2O4S. The van der Waals surface area contributed by atoms with Crippen molar-refractivity contribution in [2.75, 3.05) is 23.7 Å². The Morgan fingerprint density at radius 3 is 2.50 bits per heavy atom. The molecule has 0 bridgehead atoms. The fourth-order valence-corrected chi connectivity index (χ4v) is 3.83. The van der Waals surface area contributed by atoms with E-state index in [9.17, 15) is 22.0 Å². The Hall–Kier alpha value is -2.39. The molecule has 0 fully saturated rings. The van der Waals surface area contributed by atoms with Gasteiger partial charge in [0.05, 0.1) is 23.5 Å². The van der Waals surface area contributed by atoms with Gasteiger partial charge in [0.2, 0.25) is 15.9 Å². The zero-order chi connectivity index (χ0) is 20.9. The molecule has 2 rings (SSSR count). The number of ether oxygens (including phenoxy) is 1. The SMILES string of the molecule is C[C@@H](C(=O)NCCOc1ccccc1Cl)N(c1ccc(F)c(F)c1)S(C)(=O)=O. The fourth-order valence-electron chi connectivity index (χ4n) is 2.48. The Kier molecular flexibility index (Phi) is 7.20. The summed E-state index contributed by atoms with van der Waals surface area (Å²) in [5, 5.41) is 2.96. The van der Waals surface area contributed by atoms with Crippen LogP contribution in [-0.2, 0) is 14.8 Å². The number of hydrogen-bond donors (Lipinski definition) is 1. The minimum Gasteiger partial charge on any atom is -0.490 e. The lowest BCUT2D eigenvalue weighted by Gasteiger charge is -2.28. The second kappa shape index (κ2) is 9.20. The van der Waals surface area contributed by atoms with E-state index in [0.717, 1.165) is 28.8 Å². The van der Waals surface area contributed by atoms with Crippen molar-refractivity contribution in [3.8, 4) is 5.75 Å². The number of amides is 1. The largest absolute Gasteiger partial charge is 0.490 e. The Balaban J connectivity index is 2.03. The topological polar surface area (TPSA) is 75.7 Å². The van der Waals surface area contributed by atoms with Gasteiger partial charge in [0.1, 0.15) is 18.4 Å². The third kappa shape index (κ3) is 5.56. The molecule has 0 unspecified atom stereocenters. The van der Waals surface area contributed by atoms with Gasteiger partial charge < -0.3 is 10.1 Å². The highest BCUT2D eigenvalue weighted by Crippen LogP contribution is 2.24. The molecule has 2 aromatic rings. The Labute approximate surface area is 167 Å². The van der Waals surface area contributed by atoms with E-state index in [1.165, 1.54) is 6.92 Å². The molecule has 0 aromatic heterocycles. The molecule has 0 aliphatic carbocycles. The molecule has 0 saturated carbocycles. The molecule has 1 amide bonds. The minimum atomic E-state index is -3.94. The number of anilines is 1. The maximum atomic E-state index is 13.5. The van der Waals surface area contributed by atoms with Crippen molar-refractivity contribution < 1.29 is 26.7 Å². The maximum Gasteiger partial charge on any atom is 0.243 e. The van der Waals surface area contributed by atoms with Gasteiger partial charge in [0.25, 0.3) is 0 Å². The molecule has 152 valence electrons. The molecular weight excluding hydrogens is 414 g/mol. The van der Waals surface area contributed by atoms with Crippen molar-refractivity contribution in [1.29, 1.82) is 0 Å². The van der Waals surface area contributed by atoms with Crippen LogP contribution in [0.3, 0.4) is 0 Å². The number of halogens is 3. The van der Waals surface area contributed by atoms with E-state index < -0.39 is 33.6 Å². The summed E-state index contributed by atoms with van der Waals surface area (Å²) in [6, 6.07) is 8.23. The Morgan fingerprint density at radius 2 is 1.89 bits per heavy atom. The van der Waals surface area contributed by atoms with Crippen molar-refractivity contribution in [3.05, 3.63) is 59.1 Å². The Bertz CT molecular complexity index is 956. The van der Waals surface area contributed by atoms with Gasteiger partial charge in [-0.3, -0.25) is 9.10 Å². The van der Waals surface area contributed by atoms with Gasteiger partial charge in [-0.05, 0) is 31.2 Å². The van der Waals surface area contributed by atoms with Gasteiger partial charge in [-0.15, -0.1) is 0 Å². The first-order valence-electron chi connectivity index (χ1n) is 8.20. The standard InChI is InChI=1S/C18H19ClF2N2O4S/c1-12(18(24)22-9-10-27-17-6-4-3-5-14(17)19)23(28(2,25)26)13-7-8-15(20)16(21)11-13/h3-8,11-12H,9-10H2,1-2H3,(H,22,24)/t12-/m0/s1. The van der Waals surface area contributed by atoms with E-state index in [1.54, 1.807) is 24.3 Å². The zero-order valence-corrected chi connectivity index (χ0v) is 16.7. The van der Waals surface area contributed by atoms with Gasteiger partial charge in [0, 0.05) is 6.07 Å². The molecule has 0 aliphatic rings. The molecule has 0 saturated heterocycles. The van der Waals surface area contributed by atoms with Crippen molar-refractivity contribution in [2.24, 2.45) is 0 Å². The number of benzene rings is 2. The van der Waals surface area contributed by atoms with E-state index in [-0.39, 0.29) is 18.8 Å². The molecule has 1 atom stereocenters. The van der Waals surface area contributed by atoms with Crippen LogP contribution in [0.25, 0.3) is 0 Å². The van der Waals surface area contributed by atoms with Crippen LogP contribution < -0.4 is 14.4 Å². The molecule has 0 heterocycles. The summed E-state index contributed by atoms with van der Waals surface area (Å²) in [7, 11) is -3.94. The van der Waals surface area contributed by atoms with E-state index in [4.69, 9.17) is 16.3 Å². The molecule has 0 spiro atoms. The summed E-state index contributed by atoms with van der Waals surface area (Å²) in [5.41, 5.74) is -0.156. The summed E-state index contributed by atoms with van der Waals surface area (Å²) >= 11 is 5.96. The van der Waals surface area contributed by atoms with Gasteiger partial charge in [-0.2, -0.15) is 0 Å². The molecule has 28 heavy (non-hydrogen) atoms. The van der Waals surface area contributed by atoms with Crippen molar-refractivity contribution in [1.82, 2.24) is 5.32 Å². The van der Waals surface area contributed by atoms with Crippen molar-refractivity contribution in [3.63, 3.8) is 0 Å².